The number of carbonyl (C=O) groups is 6. The molecule has 0 fully saturated rings. The number of aromatic amines is 2. The van der Waals surface area contributed by atoms with Crippen LogP contribution < -0.4 is 30.7 Å². The number of rotatable bonds is 12. The second-order valence-electron chi connectivity index (χ2n) is 26.9. The number of aromatic hydroxyl groups is 6. The van der Waals surface area contributed by atoms with E-state index in [0.717, 1.165) is 49.0 Å². The Kier molecular flexibility index (Phi) is 19.0. The van der Waals surface area contributed by atoms with Gasteiger partial charge in [0.25, 0.3) is 35.4 Å². The molecule has 0 saturated heterocycles. The number of aromatic nitrogens is 6. The van der Waals surface area contributed by atoms with E-state index >= 15 is 0 Å². The fraction of sp³-hybridized carbons (Fsp3) is 0.107. The van der Waals surface area contributed by atoms with Crippen molar-refractivity contribution in [2.45, 2.75) is 17.8 Å². The van der Waals surface area contributed by atoms with Gasteiger partial charge in [0, 0.05) is 129 Å². The van der Waals surface area contributed by atoms with E-state index in [1.807, 2.05) is 72.8 Å². The van der Waals surface area contributed by atoms with Crippen LogP contribution in [-0.2, 0) is 0 Å². The number of nitrogens with zero attached hydrogens (tertiary/aromatic N) is 7. The van der Waals surface area contributed by atoms with Gasteiger partial charge in [-0.05, 0) is 142 Å². The summed E-state index contributed by atoms with van der Waals surface area (Å²) >= 11 is 18.9. The van der Waals surface area contributed by atoms with Gasteiger partial charge in [0.2, 0.25) is 0 Å². The standard InChI is InChI=1S/3C28H21ClN4O4/c29-12-17-13-33(23-11-24(35)20-3-1-2-4-21(20)26(17)23)28(37)22-15-32-14-18(7-10-25(32)31-22)30-27(36)16-5-8-19(34)9-6-16;29-12-17-14-33(23-11-24(35)20-3-1-2-4-21(20)25(17)23)28(37)22-10-16-9-18(13-30-26(16)32-22)31-27(36)15-5-7-19(34)8-6-15;29-12-17-14-33(23-11-24(35)19-3-1-2-4-20(19)26(17)23)28(37)21-9-16-10-25(30-13-22(16)31-21)32-27(36)15-5-7-18(34)8-6-15/h1-11,14-15,17,34-35H,12-13H2,(H,30,36);1-11,13,17,34-35H,12,14H2,(H,30,32)(H,31,36);1-11,13,17,31,34-35H,12,14H2,(H,30,32,36)/t3*17-/m111/s1. The lowest BCUT2D eigenvalue weighted by Crippen LogP contribution is -2.30. The van der Waals surface area contributed by atoms with Gasteiger partial charge in [-0.3, -0.25) is 28.8 Å². The molecule has 3 atom stereocenters. The molecule has 9 aromatic carbocycles. The Bertz CT molecular complexity index is 5690. The number of nitrogens with one attached hydrogen (secondary N) is 5. The minimum absolute atomic E-state index is 0.0705. The largest absolute Gasteiger partial charge is 0.508 e. The van der Waals surface area contributed by atoms with Crippen LogP contribution in [0.5, 0.6) is 34.5 Å². The van der Waals surface area contributed by atoms with E-state index in [1.54, 1.807) is 92.3 Å². The maximum atomic E-state index is 13.6. The van der Waals surface area contributed by atoms with Gasteiger partial charge in [-0.15, -0.1) is 34.8 Å². The Hall–Kier alpha value is -13.7. The molecule has 0 radical (unpaired) electrons. The van der Waals surface area contributed by atoms with Crippen molar-refractivity contribution in [2.24, 2.45) is 0 Å². The van der Waals surface area contributed by atoms with Crippen LogP contribution >= 0.6 is 34.8 Å². The van der Waals surface area contributed by atoms with Crippen LogP contribution in [0.15, 0.2) is 225 Å². The first-order valence-electron chi connectivity index (χ1n) is 34.9. The average molecular weight is 1540 g/mol. The molecule has 18 rings (SSSR count). The Balaban J connectivity index is 0.000000126. The number of amides is 6. The van der Waals surface area contributed by atoms with Crippen molar-refractivity contribution in [2.75, 3.05) is 67.9 Å². The number of fused-ring (bicyclic) bond motifs is 12. The quantitative estimate of drug-likeness (QED) is 0.0506. The number of pyridine rings is 3. The summed E-state index contributed by atoms with van der Waals surface area (Å²) in [5.74, 6) is -0.214. The van der Waals surface area contributed by atoms with Crippen molar-refractivity contribution in [3.63, 3.8) is 0 Å². The molecule has 15 aromatic rings. The molecule has 3 aliphatic heterocycles. The predicted octanol–water partition coefficient (Wildman–Crippen LogP) is 15.9. The normalized spacial score (nSPS) is 14.7. The minimum Gasteiger partial charge on any atom is -0.508 e. The molecule has 11 N–H and O–H groups in total. The van der Waals surface area contributed by atoms with Crippen LogP contribution in [0.2, 0.25) is 0 Å². The third-order valence-corrected chi connectivity index (χ3v) is 21.1. The zero-order valence-electron chi connectivity index (χ0n) is 58.2. The molecule has 552 valence electrons. The molecule has 0 bridgehead atoms. The van der Waals surface area contributed by atoms with Crippen LogP contribution in [0.1, 0.15) is 97.0 Å². The number of anilines is 6. The Labute approximate surface area is 645 Å². The summed E-state index contributed by atoms with van der Waals surface area (Å²) < 4.78 is 1.67. The molecule has 24 nitrogen and oxygen atoms in total. The van der Waals surface area contributed by atoms with Crippen molar-refractivity contribution in [3.8, 4) is 34.5 Å². The Morgan fingerprint density at radius 2 is 0.829 bits per heavy atom. The summed E-state index contributed by atoms with van der Waals surface area (Å²) in [4.78, 5) is 103. The highest BCUT2D eigenvalue weighted by Gasteiger charge is 2.39. The summed E-state index contributed by atoms with van der Waals surface area (Å²) in [5.41, 5.74) is 9.51. The monoisotopic (exact) mass is 1540 g/mol. The topological polar surface area (TPSA) is 344 Å². The molecule has 6 amide bonds. The number of hydrogen-bond donors (Lipinski definition) is 11. The maximum Gasteiger partial charge on any atom is 0.278 e. The highest BCUT2D eigenvalue weighted by atomic mass is 35.5. The first-order chi connectivity index (χ1) is 53.8. The average Bonchev–Trinajstić information content (AvgIpc) is 1.62. The van der Waals surface area contributed by atoms with Crippen LogP contribution in [0.4, 0.5) is 34.3 Å². The van der Waals surface area contributed by atoms with Gasteiger partial charge in [0.15, 0.2) is 0 Å². The molecule has 0 saturated carbocycles. The minimum atomic E-state index is -0.369. The van der Waals surface area contributed by atoms with Crippen LogP contribution in [0, 0.1) is 0 Å². The van der Waals surface area contributed by atoms with E-state index in [4.69, 9.17) is 34.8 Å². The van der Waals surface area contributed by atoms with Crippen LogP contribution in [0.3, 0.4) is 0 Å². The maximum absolute atomic E-state index is 13.6. The second-order valence-corrected chi connectivity index (χ2v) is 27.8. The molecule has 0 spiro atoms. The predicted molar refractivity (Wildman–Crippen MR) is 428 cm³/mol. The van der Waals surface area contributed by atoms with Crippen molar-refractivity contribution < 1.29 is 59.4 Å². The summed E-state index contributed by atoms with van der Waals surface area (Å²) in [6.45, 7) is 1.17. The van der Waals surface area contributed by atoms with Crippen LogP contribution in [0.25, 0.3) is 59.9 Å². The SMILES string of the molecule is O=C(Nc1cc2cc(C(=O)N3C[C@@H](CCl)c4c3cc(O)c3ccccc43)[nH]c2cn1)c1ccc(O)cc1.O=C(Nc1ccc2nc(C(=O)N3C[C@@H](CCl)c4c3cc(O)c3ccccc43)cn2c1)c1ccc(O)cc1.O=C(Nc1cnc2[nH]c(C(=O)N3C[C@@H](CCl)c4c3cc(O)c3ccccc43)cc2c1)c1ccc(O)cc1. The third-order valence-electron chi connectivity index (χ3n) is 20.0. The second kappa shape index (κ2) is 29.5. The zero-order valence-corrected chi connectivity index (χ0v) is 60.5. The van der Waals surface area contributed by atoms with Crippen molar-refractivity contribution in [3.05, 3.63) is 275 Å². The lowest BCUT2D eigenvalue weighted by molar-refractivity contribution is 0.0976. The first kappa shape index (κ1) is 71.6. The van der Waals surface area contributed by atoms with E-state index in [-0.39, 0.29) is 93.4 Å². The molecule has 27 heteroatoms. The Morgan fingerprint density at radius 1 is 0.414 bits per heavy atom. The molecular formula is C84H63Cl3N12O12. The first-order valence-corrected chi connectivity index (χ1v) is 36.5. The highest BCUT2D eigenvalue weighted by Crippen LogP contribution is 2.49. The van der Waals surface area contributed by atoms with E-state index in [2.05, 4.69) is 40.9 Å². The molecule has 6 aromatic heterocycles. The number of imidazole rings is 1. The van der Waals surface area contributed by atoms with Gasteiger partial charge >= 0.3 is 0 Å². The number of phenols is 6. The fourth-order valence-electron chi connectivity index (χ4n) is 14.7. The van der Waals surface area contributed by atoms with Gasteiger partial charge in [-0.1, -0.05) is 72.8 Å². The van der Waals surface area contributed by atoms with Crippen LogP contribution in [-0.4, -0.2) is 133 Å². The number of alkyl halides is 3. The summed E-state index contributed by atoms with van der Waals surface area (Å²) in [6, 6.07) is 55.5. The van der Waals surface area contributed by atoms with E-state index in [1.165, 1.54) is 79.0 Å². The molecule has 0 unspecified atom stereocenters. The smallest absolute Gasteiger partial charge is 0.278 e. The van der Waals surface area contributed by atoms with Gasteiger partial charge in [0.05, 0.1) is 46.3 Å². The lowest BCUT2D eigenvalue weighted by atomic mass is 9.95. The van der Waals surface area contributed by atoms with Crippen molar-refractivity contribution in [1.82, 2.24) is 29.3 Å². The molecule has 0 aliphatic carbocycles. The van der Waals surface area contributed by atoms with Gasteiger partial charge in [0.1, 0.15) is 68.7 Å². The Morgan fingerprint density at radius 3 is 1.29 bits per heavy atom. The van der Waals surface area contributed by atoms with E-state index in [0.29, 0.717) is 127 Å². The van der Waals surface area contributed by atoms with Crippen molar-refractivity contribution in [1.29, 1.82) is 0 Å². The molecule has 9 heterocycles. The number of phenolic OH excluding ortho intramolecular Hbond substituents is 6. The van der Waals surface area contributed by atoms with Gasteiger partial charge in [-0.2, -0.15) is 0 Å². The molecule has 3 aliphatic rings. The fourth-order valence-corrected chi connectivity index (χ4v) is 15.4. The number of hydrogen-bond acceptors (Lipinski definition) is 15. The number of carbonyl (C=O) groups excluding carboxylic acids is 6. The van der Waals surface area contributed by atoms with Gasteiger partial charge < -0.3 is 75.7 Å². The molecular weight excluding hydrogens is 1480 g/mol. The number of H-pyrrole nitrogens is 2. The number of halogens is 3. The van der Waals surface area contributed by atoms with E-state index in [9.17, 15) is 59.4 Å². The summed E-state index contributed by atoms with van der Waals surface area (Å²) in [6.07, 6.45) is 6.35. The summed E-state index contributed by atoms with van der Waals surface area (Å²) in [7, 11) is 0. The molecule has 111 heavy (non-hydrogen) atoms. The van der Waals surface area contributed by atoms with Crippen molar-refractivity contribution >= 4 is 164 Å². The third kappa shape index (κ3) is 13.7. The lowest BCUT2D eigenvalue weighted by Gasteiger charge is -2.17. The highest BCUT2D eigenvalue weighted by molar-refractivity contribution is 6.21. The summed E-state index contributed by atoms with van der Waals surface area (Å²) in [5, 5.41) is 74.7. The van der Waals surface area contributed by atoms with Gasteiger partial charge in [-0.25, -0.2) is 15.0 Å². The number of benzene rings is 9. The van der Waals surface area contributed by atoms with E-state index < -0.39 is 0 Å². The zero-order chi connectivity index (χ0) is 77.0.